The van der Waals surface area contributed by atoms with Crippen LogP contribution in [0.15, 0.2) is 10.6 Å². The van der Waals surface area contributed by atoms with Gasteiger partial charge in [-0.1, -0.05) is 5.16 Å². The van der Waals surface area contributed by atoms with E-state index < -0.39 is 5.91 Å². The van der Waals surface area contributed by atoms with E-state index in [0.29, 0.717) is 29.4 Å². The van der Waals surface area contributed by atoms with Gasteiger partial charge in [0.25, 0.3) is 11.8 Å². The second kappa shape index (κ2) is 8.46. The zero-order valence-corrected chi connectivity index (χ0v) is 15.8. The predicted octanol–water partition coefficient (Wildman–Crippen LogP) is 2.94. The van der Waals surface area contributed by atoms with E-state index in [1.165, 1.54) is 16.2 Å². The molecular weight excluding hydrogens is 354 g/mol. The van der Waals surface area contributed by atoms with E-state index in [-0.39, 0.29) is 11.7 Å². The van der Waals surface area contributed by atoms with E-state index in [4.69, 9.17) is 9.26 Å². The third-order valence-corrected chi connectivity index (χ3v) is 5.50. The van der Waals surface area contributed by atoms with Gasteiger partial charge in [-0.05, 0) is 44.6 Å². The zero-order valence-electron chi connectivity index (χ0n) is 15.0. The molecule has 0 aromatic carbocycles. The number of nitrogens with zero attached hydrogens (tertiary/aromatic N) is 1. The molecular formula is C18H23N3O4S. The molecule has 1 aliphatic carbocycles. The lowest BCUT2D eigenvalue weighted by Gasteiger charge is -2.13. The van der Waals surface area contributed by atoms with Crippen molar-refractivity contribution < 1.29 is 18.8 Å². The highest BCUT2D eigenvalue weighted by molar-refractivity contribution is 7.17. The van der Waals surface area contributed by atoms with Gasteiger partial charge in [-0.2, -0.15) is 0 Å². The van der Waals surface area contributed by atoms with Crippen LogP contribution in [0, 0.1) is 6.92 Å². The van der Waals surface area contributed by atoms with Crippen molar-refractivity contribution in [2.75, 3.05) is 25.6 Å². The molecule has 0 aliphatic heterocycles. The normalized spacial score (nSPS) is 13.3. The molecule has 8 heteroatoms. The third-order valence-electron chi connectivity index (χ3n) is 4.29. The molecule has 140 valence electrons. The first-order chi connectivity index (χ1) is 12.6. The van der Waals surface area contributed by atoms with Gasteiger partial charge in [0.05, 0.1) is 11.3 Å². The minimum atomic E-state index is -0.391. The Bertz CT molecular complexity index is 796. The fourth-order valence-corrected chi connectivity index (χ4v) is 4.32. The van der Waals surface area contributed by atoms with Crippen LogP contribution in [0.2, 0.25) is 0 Å². The van der Waals surface area contributed by atoms with Crippen LogP contribution < -0.4 is 10.6 Å². The van der Waals surface area contributed by atoms with Gasteiger partial charge in [-0.15, -0.1) is 11.3 Å². The minimum absolute atomic E-state index is 0.139. The third kappa shape index (κ3) is 4.13. The average Bonchev–Trinajstić information content (AvgIpc) is 3.21. The Morgan fingerprint density at radius 1 is 1.31 bits per heavy atom. The summed E-state index contributed by atoms with van der Waals surface area (Å²) in [4.78, 5) is 26.4. The number of fused-ring (bicyclic) bond motifs is 1. The molecule has 26 heavy (non-hydrogen) atoms. The standard InChI is InChI=1S/C18H23N3O4S/c1-11-10-13(25-21-11)16(22)20-18-15(17(23)19-8-5-9-24-2)12-6-3-4-7-14(12)26-18/h10H,3-9H2,1-2H3,(H,19,23)(H,20,22). The number of aryl methyl sites for hydroxylation is 2. The number of carbonyl (C=O) groups is 2. The number of nitrogens with one attached hydrogen (secondary N) is 2. The monoisotopic (exact) mass is 377 g/mol. The quantitative estimate of drug-likeness (QED) is 0.724. The minimum Gasteiger partial charge on any atom is -0.385 e. The number of amides is 2. The van der Waals surface area contributed by atoms with Crippen LogP contribution in [-0.2, 0) is 17.6 Å². The molecule has 7 nitrogen and oxygen atoms in total. The first-order valence-electron chi connectivity index (χ1n) is 8.76. The number of carbonyl (C=O) groups excluding carboxylic acids is 2. The molecule has 2 aromatic heterocycles. The zero-order chi connectivity index (χ0) is 18.5. The molecule has 2 heterocycles. The summed E-state index contributed by atoms with van der Waals surface area (Å²) < 4.78 is 10.0. The van der Waals surface area contributed by atoms with Crippen molar-refractivity contribution in [3.05, 3.63) is 33.5 Å². The highest BCUT2D eigenvalue weighted by Gasteiger charge is 2.27. The summed E-state index contributed by atoms with van der Waals surface area (Å²) in [7, 11) is 1.63. The van der Waals surface area contributed by atoms with Crippen molar-refractivity contribution in [3.63, 3.8) is 0 Å². The molecule has 1 aliphatic rings. The smallest absolute Gasteiger partial charge is 0.294 e. The Hall–Kier alpha value is -2.19. The predicted molar refractivity (Wildman–Crippen MR) is 99.0 cm³/mol. The van der Waals surface area contributed by atoms with E-state index >= 15 is 0 Å². The summed E-state index contributed by atoms with van der Waals surface area (Å²) in [5, 5.41) is 10.1. The Balaban J connectivity index is 1.81. The molecule has 0 saturated heterocycles. The molecule has 0 bridgehead atoms. The molecule has 2 aromatic rings. The number of anilines is 1. The number of rotatable bonds is 7. The summed E-state index contributed by atoms with van der Waals surface area (Å²) in [6, 6.07) is 1.58. The summed E-state index contributed by atoms with van der Waals surface area (Å²) in [6.07, 6.45) is 4.72. The van der Waals surface area contributed by atoms with Crippen molar-refractivity contribution in [2.24, 2.45) is 0 Å². The number of hydrogen-bond acceptors (Lipinski definition) is 6. The molecule has 2 N–H and O–H groups in total. The van der Waals surface area contributed by atoms with E-state index in [9.17, 15) is 9.59 Å². The van der Waals surface area contributed by atoms with Crippen LogP contribution in [0.1, 0.15) is 56.3 Å². The maximum atomic E-state index is 12.8. The van der Waals surface area contributed by atoms with Gasteiger partial charge in [-0.25, -0.2) is 0 Å². The largest absolute Gasteiger partial charge is 0.385 e. The number of methoxy groups -OCH3 is 1. The fourth-order valence-electron chi connectivity index (χ4n) is 3.04. The van der Waals surface area contributed by atoms with E-state index in [2.05, 4.69) is 15.8 Å². The SMILES string of the molecule is COCCCNC(=O)c1c(NC(=O)c2cc(C)no2)sc2c1CCCC2. The summed E-state index contributed by atoms with van der Waals surface area (Å²) in [6.45, 7) is 2.88. The van der Waals surface area contributed by atoms with Crippen LogP contribution in [0.4, 0.5) is 5.00 Å². The number of aromatic nitrogens is 1. The molecule has 0 unspecified atom stereocenters. The first-order valence-corrected chi connectivity index (χ1v) is 9.58. The Kier molecular flexibility index (Phi) is 6.05. The van der Waals surface area contributed by atoms with Crippen molar-refractivity contribution >= 4 is 28.2 Å². The van der Waals surface area contributed by atoms with Gasteiger partial charge < -0.3 is 19.9 Å². The van der Waals surface area contributed by atoms with Crippen LogP contribution in [0.5, 0.6) is 0 Å². The number of hydrogen-bond donors (Lipinski definition) is 2. The number of ether oxygens (including phenoxy) is 1. The van der Waals surface area contributed by atoms with Gasteiger partial charge in [0.2, 0.25) is 5.76 Å². The number of thiophene rings is 1. The second-order valence-electron chi connectivity index (χ2n) is 6.30. The van der Waals surface area contributed by atoms with Crippen molar-refractivity contribution in [3.8, 4) is 0 Å². The average molecular weight is 377 g/mol. The van der Waals surface area contributed by atoms with Gasteiger partial charge in [0.15, 0.2) is 0 Å². The Labute approximate surface area is 156 Å². The van der Waals surface area contributed by atoms with Gasteiger partial charge >= 0.3 is 0 Å². The van der Waals surface area contributed by atoms with Gasteiger partial charge in [-0.3, -0.25) is 9.59 Å². The van der Waals surface area contributed by atoms with Crippen LogP contribution in [0.3, 0.4) is 0 Å². The topological polar surface area (TPSA) is 93.5 Å². The molecule has 0 radical (unpaired) electrons. The lowest BCUT2D eigenvalue weighted by Crippen LogP contribution is -2.27. The first kappa shape index (κ1) is 18.6. The summed E-state index contributed by atoms with van der Waals surface area (Å²) >= 11 is 1.48. The highest BCUT2D eigenvalue weighted by Crippen LogP contribution is 2.38. The van der Waals surface area contributed by atoms with Crippen LogP contribution in [0.25, 0.3) is 0 Å². The lowest BCUT2D eigenvalue weighted by atomic mass is 9.95. The second-order valence-corrected chi connectivity index (χ2v) is 7.41. The molecule has 0 spiro atoms. The lowest BCUT2D eigenvalue weighted by molar-refractivity contribution is 0.0948. The van der Waals surface area contributed by atoms with E-state index in [0.717, 1.165) is 37.7 Å². The maximum Gasteiger partial charge on any atom is 0.294 e. The Morgan fingerprint density at radius 2 is 2.12 bits per heavy atom. The van der Waals surface area contributed by atoms with Crippen molar-refractivity contribution in [1.29, 1.82) is 0 Å². The van der Waals surface area contributed by atoms with Crippen LogP contribution >= 0.6 is 11.3 Å². The Morgan fingerprint density at radius 3 is 2.85 bits per heavy atom. The molecule has 0 fully saturated rings. The molecule has 2 amide bonds. The van der Waals surface area contributed by atoms with Gasteiger partial charge in [0, 0.05) is 31.2 Å². The summed E-state index contributed by atoms with van der Waals surface area (Å²) in [5.41, 5.74) is 2.29. The molecule has 3 rings (SSSR count). The summed E-state index contributed by atoms with van der Waals surface area (Å²) in [5.74, 6) is -0.400. The van der Waals surface area contributed by atoms with E-state index in [1.807, 2.05) is 0 Å². The van der Waals surface area contributed by atoms with Crippen molar-refractivity contribution in [2.45, 2.75) is 39.0 Å². The highest BCUT2D eigenvalue weighted by atomic mass is 32.1. The van der Waals surface area contributed by atoms with Crippen molar-refractivity contribution in [1.82, 2.24) is 10.5 Å². The van der Waals surface area contributed by atoms with E-state index in [1.54, 1.807) is 20.1 Å². The van der Waals surface area contributed by atoms with Gasteiger partial charge in [0.1, 0.15) is 5.00 Å². The molecule has 0 atom stereocenters. The maximum absolute atomic E-state index is 12.8. The van der Waals surface area contributed by atoms with Crippen LogP contribution in [-0.4, -0.2) is 37.2 Å². The fraction of sp³-hybridized carbons (Fsp3) is 0.500. The molecule has 0 saturated carbocycles.